The van der Waals surface area contributed by atoms with Crippen LogP contribution in [-0.2, 0) is 24.2 Å². The van der Waals surface area contributed by atoms with Gasteiger partial charge in [0.1, 0.15) is 5.82 Å². The molecule has 162 valence electrons. The van der Waals surface area contributed by atoms with Gasteiger partial charge in [0.05, 0.1) is 13.1 Å². The maximum absolute atomic E-state index is 13.8. The van der Waals surface area contributed by atoms with Crippen LogP contribution in [0, 0.1) is 12.7 Å². The van der Waals surface area contributed by atoms with Crippen molar-refractivity contribution < 1.29 is 9.18 Å². The van der Waals surface area contributed by atoms with E-state index in [1.165, 1.54) is 22.1 Å². The first-order chi connectivity index (χ1) is 13.9. The molecule has 1 amide bonds. The number of nitrogens with zero attached hydrogens (tertiary/aromatic N) is 2. The van der Waals surface area contributed by atoms with Crippen LogP contribution in [0.15, 0.2) is 47.5 Å². The number of carbonyl (C=O) groups excluding carboxylic acids is 1. The second kappa shape index (κ2) is 11.3. The third-order valence-electron chi connectivity index (χ3n) is 5.25. The Morgan fingerprint density at radius 2 is 1.93 bits per heavy atom. The SMILES string of the molecule is Cc1ccc(CN=C(NCC(=O)N(C)C)NC2CCc3ccccc3C2)cc1F.I. The third kappa shape index (κ3) is 6.68. The summed E-state index contributed by atoms with van der Waals surface area (Å²) in [6.07, 6.45) is 2.93. The number of hydrogen-bond donors (Lipinski definition) is 2. The molecule has 0 aliphatic heterocycles. The predicted octanol–water partition coefficient (Wildman–Crippen LogP) is 3.43. The van der Waals surface area contributed by atoms with Gasteiger partial charge < -0.3 is 15.5 Å². The van der Waals surface area contributed by atoms with E-state index in [1.807, 2.05) is 6.07 Å². The summed E-state index contributed by atoms with van der Waals surface area (Å²) >= 11 is 0. The Balaban J connectivity index is 0.00000320. The molecule has 2 aromatic carbocycles. The number of rotatable bonds is 5. The zero-order chi connectivity index (χ0) is 20.8. The van der Waals surface area contributed by atoms with E-state index in [-0.39, 0.29) is 48.3 Å². The summed E-state index contributed by atoms with van der Waals surface area (Å²) in [7, 11) is 3.45. The fraction of sp³-hybridized carbons (Fsp3) is 0.391. The van der Waals surface area contributed by atoms with Crippen molar-refractivity contribution in [2.75, 3.05) is 20.6 Å². The molecule has 0 heterocycles. The summed E-state index contributed by atoms with van der Waals surface area (Å²) in [5.41, 5.74) is 4.16. The lowest BCUT2D eigenvalue weighted by molar-refractivity contribution is -0.127. The number of aliphatic imine (C=N–C) groups is 1. The van der Waals surface area contributed by atoms with E-state index in [4.69, 9.17) is 0 Å². The minimum atomic E-state index is -0.230. The van der Waals surface area contributed by atoms with Gasteiger partial charge >= 0.3 is 0 Å². The summed E-state index contributed by atoms with van der Waals surface area (Å²) in [6.45, 7) is 2.24. The van der Waals surface area contributed by atoms with Gasteiger partial charge in [-0.3, -0.25) is 4.79 Å². The van der Waals surface area contributed by atoms with Crippen LogP contribution < -0.4 is 10.6 Å². The Labute approximate surface area is 195 Å². The van der Waals surface area contributed by atoms with Crippen LogP contribution in [0.25, 0.3) is 0 Å². The number of aryl methyl sites for hydroxylation is 2. The zero-order valence-electron chi connectivity index (χ0n) is 17.7. The standard InChI is InChI=1S/C23H29FN4O.HI/c1-16-8-9-17(12-21(16)24)14-25-23(26-15-22(29)28(2)3)27-20-11-10-18-6-4-5-7-19(18)13-20;/h4-9,12,20H,10-11,13-15H2,1-3H3,(H2,25,26,27);1H. The van der Waals surface area contributed by atoms with Crippen LogP contribution in [-0.4, -0.2) is 43.4 Å². The summed E-state index contributed by atoms with van der Waals surface area (Å²) in [5, 5.41) is 6.58. The summed E-state index contributed by atoms with van der Waals surface area (Å²) in [4.78, 5) is 18.1. The maximum atomic E-state index is 13.8. The average molecular weight is 524 g/mol. The van der Waals surface area contributed by atoms with Gasteiger partial charge in [-0.15, -0.1) is 24.0 Å². The van der Waals surface area contributed by atoms with E-state index in [1.54, 1.807) is 27.1 Å². The predicted molar refractivity (Wildman–Crippen MR) is 130 cm³/mol. The Morgan fingerprint density at radius 1 is 1.20 bits per heavy atom. The first-order valence-corrected chi connectivity index (χ1v) is 9.99. The number of fused-ring (bicyclic) bond motifs is 1. The van der Waals surface area contributed by atoms with Gasteiger partial charge in [0.25, 0.3) is 0 Å². The number of guanidine groups is 1. The Kier molecular flexibility index (Phi) is 9.08. The van der Waals surface area contributed by atoms with E-state index in [2.05, 4.69) is 39.9 Å². The van der Waals surface area contributed by atoms with Crippen LogP contribution in [0.3, 0.4) is 0 Å². The van der Waals surface area contributed by atoms with Crippen molar-refractivity contribution in [3.63, 3.8) is 0 Å². The van der Waals surface area contributed by atoms with Crippen LogP contribution in [0.1, 0.15) is 28.7 Å². The van der Waals surface area contributed by atoms with Gasteiger partial charge in [0.2, 0.25) is 5.91 Å². The van der Waals surface area contributed by atoms with Crippen LogP contribution >= 0.6 is 24.0 Å². The van der Waals surface area contributed by atoms with Crippen LogP contribution in [0.5, 0.6) is 0 Å². The first-order valence-electron chi connectivity index (χ1n) is 9.99. The molecule has 1 atom stereocenters. The molecule has 0 saturated heterocycles. The zero-order valence-corrected chi connectivity index (χ0v) is 20.1. The van der Waals surface area contributed by atoms with Crippen molar-refractivity contribution >= 4 is 35.8 Å². The largest absolute Gasteiger partial charge is 0.353 e. The van der Waals surface area contributed by atoms with Crippen molar-refractivity contribution in [3.8, 4) is 0 Å². The maximum Gasteiger partial charge on any atom is 0.241 e. The highest BCUT2D eigenvalue weighted by Gasteiger charge is 2.19. The number of carbonyl (C=O) groups is 1. The molecule has 30 heavy (non-hydrogen) atoms. The molecule has 1 unspecified atom stereocenters. The van der Waals surface area contributed by atoms with E-state index in [0.717, 1.165) is 24.8 Å². The van der Waals surface area contributed by atoms with Crippen LogP contribution in [0.4, 0.5) is 4.39 Å². The van der Waals surface area contributed by atoms with E-state index < -0.39 is 0 Å². The lowest BCUT2D eigenvalue weighted by atomic mass is 9.88. The molecule has 2 N–H and O–H groups in total. The number of nitrogens with one attached hydrogen (secondary N) is 2. The second-order valence-electron chi connectivity index (χ2n) is 7.74. The Hall–Kier alpha value is -2.16. The number of halogens is 2. The highest BCUT2D eigenvalue weighted by Crippen LogP contribution is 2.21. The first kappa shape index (κ1) is 24.1. The molecular weight excluding hydrogens is 494 g/mol. The Morgan fingerprint density at radius 3 is 2.63 bits per heavy atom. The van der Waals surface area contributed by atoms with Gasteiger partial charge in [0, 0.05) is 20.1 Å². The molecule has 7 heteroatoms. The molecule has 1 aliphatic rings. The van der Waals surface area contributed by atoms with Gasteiger partial charge in [0.15, 0.2) is 5.96 Å². The smallest absolute Gasteiger partial charge is 0.241 e. The lowest BCUT2D eigenvalue weighted by Gasteiger charge is -2.27. The lowest BCUT2D eigenvalue weighted by Crippen LogP contribution is -2.48. The van der Waals surface area contributed by atoms with Gasteiger partial charge in [-0.25, -0.2) is 9.38 Å². The number of amides is 1. The van der Waals surface area contributed by atoms with Crippen LogP contribution in [0.2, 0.25) is 0 Å². The van der Waals surface area contributed by atoms with Crippen molar-refractivity contribution in [3.05, 3.63) is 70.5 Å². The van der Waals surface area contributed by atoms with Gasteiger partial charge in [-0.05, 0) is 54.5 Å². The molecule has 1 aliphatic carbocycles. The quantitative estimate of drug-likeness (QED) is 0.358. The van der Waals surface area contributed by atoms with E-state index in [0.29, 0.717) is 18.1 Å². The summed E-state index contributed by atoms with van der Waals surface area (Å²) < 4.78 is 13.8. The average Bonchev–Trinajstić information content (AvgIpc) is 2.72. The molecule has 0 bridgehead atoms. The molecule has 5 nitrogen and oxygen atoms in total. The normalized spacial score (nSPS) is 15.6. The van der Waals surface area contributed by atoms with Gasteiger partial charge in [-0.2, -0.15) is 0 Å². The monoisotopic (exact) mass is 524 g/mol. The topological polar surface area (TPSA) is 56.7 Å². The number of benzene rings is 2. The number of hydrogen-bond acceptors (Lipinski definition) is 2. The summed E-state index contributed by atoms with van der Waals surface area (Å²) in [6, 6.07) is 13.9. The van der Waals surface area contributed by atoms with E-state index >= 15 is 0 Å². The van der Waals surface area contributed by atoms with Gasteiger partial charge in [-0.1, -0.05) is 36.4 Å². The third-order valence-corrected chi connectivity index (χ3v) is 5.25. The fourth-order valence-corrected chi connectivity index (χ4v) is 3.39. The van der Waals surface area contributed by atoms with Crippen molar-refractivity contribution in [1.82, 2.24) is 15.5 Å². The minimum Gasteiger partial charge on any atom is -0.353 e. The molecule has 2 aromatic rings. The Bertz CT molecular complexity index is 901. The number of likely N-dealkylation sites (N-methyl/N-ethyl adjacent to an activating group) is 1. The van der Waals surface area contributed by atoms with Crippen molar-refractivity contribution in [2.45, 2.75) is 38.8 Å². The minimum absolute atomic E-state index is 0. The molecule has 3 rings (SSSR count). The molecule has 0 fully saturated rings. The molecule has 0 saturated carbocycles. The molecule has 0 aromatic heterocycles. The highest BCUT2D eigenvalue weighted by molar-refractivity contribution is 14.0. The van der Waals surface area contributed by atoms with Crippen molar-refractivity contribution in [1.29, 1.82) is 0 Å². The molecule has 0 radical (unpaired) electrons. The molecule has 0 spiro atoms. The second-order valence-corrected chi connectivity index (χ2v) is 7.74. The molecular formula is C23H30FIN4O. The fourth-order valence-electron chi connectivity index (χ4n) is 3.39. The highest BCUT2D eigenvalue weighted by atomic mass is 127. The van der Waals surface area contributed by atoms with Crippen molar-refractivity contribution in [2.24, 2.45) is 4.99 Å². The summed E-state index contributed by atoms with van der Waals surface area (Å²) in [5.74, 6) is 0.312. The van der Waals surface area contributed by atoms with E-state index in [9.17, 15) is 9.18 Å².